The molecule has 1 aliphatic rings. The average molecular weight is 427 g/mol. The first-order valence-electron chi connectivity index (χ1n) is 11.0. The third-order valence-electron chi connectivity index (χ3n) is 6.08. The van der Waals surface area contributed by atoms with Crippen LogP contribution in [0.1, 0.15) is 34.8 Å². The van der Waals surface area contributed by atoms with E-state index in [1.165, 1.54) is 0 Å². The smallest absolute Gasteiger partial charge is 0.259 e. The second-order valence-electron chi connectivity index (χ2n) is 8.12. The molecule has 5 rings (SSSR count). The maximum absolute atomic E-state index is 13.2. The van der Waals surface area contributed by atoms with E-state index < -0.39 is 0 Å². The predicted octanol–water partition coefficient (Wildman–Crippen LogP) is 4.36. The van der Waals surface area contributed by atoms with Crippen molar-refractivity contribution >= 4 is 28.3 Å². The summed E-state index contributed by atoms with van der Waals surface area (Å²) >= 11 is 0. The molecule has 162 valence electrons. The van der Waals surface area contributed by atoms with Crippen molar-refractivity contribution in [1.29, 1.82) is 0 Å². The number of carbonyl (C=O) groups excluding carboxylic acids is 1. The number of benzene rings is 1. The molecule has 7 nitrogen and oxygen atoms in total. The van der Waals surface area contributed by atoms with E-state index in [-0.39, 0.29) is 11.9 Å². The number of H-pyrrole nitrogens is 1. The number of piperidine rings is 1. The van der Waals surface area contributed by atoms with Crippen LogP contribution in [-0.4, -0.2) is 33.9 Å². The van der Waals surface area contributed by atoms with Gasteiger partial charge in [-0.1, -0.05) is 6.07 Å². The monoisotopic (exact) mass is 426 g/mol. The van der Waals surface area contributed by atoms with Crippen LogP contribution in [0.15, 0.2) is 73.3 Å². The van der Waals surface area contributed by atoms with Crippen LogP contribution in [0.3, 0.4) is 0 Å². The summed E-state index contributed by atoms with van der Waals surface area (Å²) in [6.07, 6.45) is 9.35. The highest BCUT2D eigenvalue weighted by molar-refractivity contribution is 6.08. The molecule has 1 fully saturated rings. The fourth-order valence-electron chi connectivity index (χ4n) is 4.40. The SMILES string of the molecule is O=C(Nc1ccc2cc[nH]c2c1)c1cccnc1NC(c1ccncc1)C1CCNCC1. The van der Waals surface area contributed by atoms with Crippen LogP contribution in [-0.2, 0) is 0 Å². The number of nitrogens with one attached hydrogen (secondary N) is 4. The third kappa shape index (κ3) is 4.33. The van der Waals surface area contributed by atoms with Gasteiger partial charge in [-0.15, -0.1) is 0 Å². The first kappa shape index (κ1) is 20.2. The number of pyridine rings is 2. The molecule has 1 aliphatic heterocycles. The minimum absolute atomic E-state index is 0.0526. The molecule has 4 aromatic rings. The van der Waals surface area contributed by atoms with Crippen molar-refractivity contribution in [1.82, 2.24) is 20.3 Å². The van der Waals surface area contributed by atoms with Crippen molar-refractivity contribution < 1.29 is 4.79 Å². The van der Waals surface area contributed by atoms with Crippen molar-refractivity contribution in [2.75, 3.05) is 23.7 Å². The quantitative estimate of drug-likeness (QED) is 0.367. The van der Waals surface area contributed by atoms with Crippen LogP contribution in [0.4, 0.5) is 11.5 Å². The minimum Gasteiger partial charge on any atom is -0.362 e. The van der Waals surface area contributed by atoms with Gasteiger partial charge in [0.2, 0.25) is 0 Å². The highest BCUT2D eigenvalue weighted by Gasteiger charge is 2.26. The Morgan fingerprint density at radius 2 is 1.88 bits per heavy atom. The summed E-state index contributed by atoms with van der Waals surface area (Å²) in [5, 5.41) is 11.1. The molecule has 0 bridgehead atoms. The van der Waals surface area contributed by atoms with Crippen LogP contribution < -0.4 is 16.0 Å². The number of aromatic amines is 1. The van der Waals surface area contributed by atoms with E-state index in [0.717, 1.165) is 48.1 Å². The van der Waals surface area contributed by atoms with Crippen LogP contribution in [0.2, 0.25) is 0 Å². The molecule has 7 heteroatoms. The van der Waals surface area contributed by atoms with Crippen LogP contribution in [0, 0.1) is 5.92 Å². The molecule has 4 N–H and O–H groups in total. The van der Waals surface area contributed by atoms with Crippen LogP contribution in [0.25, 0.3) is 10.9 Å². The van der Waals surface area contributed by atoms with Crippen molar-refractivity contribution in [2.24, 2.45) is 5.92 Å². The van der Waals surface area contributed by atoms with E-state index in [0.29, 0.717) is 17.3 Å². The van der Waals surface area contributed by atoms with Gasteiger partial charge in [0, 0.05) is 36.0 Å². The largest absolute Gasteiger partial charge is 0.362 e. The maximum atomic E-state index is 13.2. The zero-order valence-corrected chi connectivity index (χ0v) is 17.7. The lowest BCUT2D eigenvalue weighted by Gasteiger charge is -2.32. The van der Waals surface area contributed by atoms with Crippen LogP contribution in [0.5, 0.6) is 0 Å². The lowest BCUT2D eigenvalue weighted by molar-refractivity contribution is 0.102. The molecule has 32 heavy (non-hydrogen) atoms. The normalized spacial score (nSPS) is 15.4. The Morgan fingerprint density at radius 1 is 1.03 bits per heavy atom. The fourth-order valence-corrected chi connectivity index (χ4v) is 4.40. The Labute approximate surface area is 186 Å². The van der Waals surface area contributed by atoms with Gasteiger partial charge in [-0.3, -0.25) is 9.78 Å². The van der Waals surface area contributed by atoms with E-state index in [9.17, 15) is 4.79 Å². The molecule has 1 unspecified atom stereocenters. The van der Waals surface area contributed by atoms with E-state index in [1.54, 1.807) is 12.3 Å². The lowest BCUT2D eigenvalue weighted by atomic mass is 9.86. The van der Waals surface area contributed by atoms with Gasteiger partial charge in [-0.2, -0.15) is 0 Å². The summed E-state index contributed by atoms with van der Waals surface area (Å²) in [5.41, 5.74) is 3.40. The second-order valence-corrected chi connectivity index (χ2v) is 8.12. The van der Waals surface area contributed by atoms with Gasteiger partial charge < -0.3 is 20.9 Å². The van der Waals surface area contributed by atoms with Gasteiger partial charge in [-0.25, -0.2) is 4.98 Å². The van der Waals surface area contributed by atoms with Gasteiger partial charge in [0.25, 0.3) is 5.91 Å². The zero-order valence-electron chi connectivity index (χ0n) is 17.7. The van der Waals surface area contributed by atoms with E-state index in [1.807, 2.05) is 61.1 Å². The van der Waals surface area contributed by atoms with E-state index in [4.69, 9.17) is 0 Å². The number of carbonyl (C=O) groups is 1. The molecular formula is C25H26N6O. The van der Waals surface area contributed by atoms with Crippen LogP contribution >= 0.6 is 0 Å². The molecule has 1 aromatic carbocycles. The number of anilines is 2. The fraction of sp³-hybridized carbons (Fsp3) is 0.240. The Kier molecular flexibility index (Phi) is 5.81. The molecule has 4 heterocycles. The molecule has 0 saturated carbocycles. The maximum Gasteiger partial charge on any atom is 0.259 e. The Balaban J connectivity index is 1.41. The Hall–Kier alpha value is -3.71. The molecular weight excluding hydrogens is 400 g/mol. The van der Waals surface area contributed by atoms with Crippen molar-refractivity contribution in [2.45, 2.75) is 18.9 Å². The standard InChI is InChI=1S/C25H26N6O/c32-25(30-20-4-3-17-9-15-28-22(17)16-20)21-2-1-10-29-24(21)31-23(18-5-11-26-12-6-18)19-7-13-27-14-8-19/h1-6,9-12,15-16,19,23,27-28H,7-8,13-14H2,(H,29,31)(H,30,32). The summed E-state index contributed by atoms with van der Waals surface area (Å²) in [7, 11) is 0. The minimum atomic E-state index is -0.190. The lowest BCUT2D eigenvalue weighted by Crippen LogP contribution is -2.34. The molecule has 3 aromatic heterocycles. The molecule has 0 radical (unpaired) electrons. The molecule has 1 amide bonds. The number of rotatable bonds is 6. The summed E-state index contributed by atoms with van der Waals surface area (Å²) in [6, 6.07) is 15.6. The average Bonchev–Trinajstić information content (AvgIpc) is 3.32. The second kappa shape index (κ2) is 9.20. The molecule has 0 spiro atoms. The number of nitrogens with zero attached hydrogens (tertiary/aromatic N) is 2. The van der Waals surface area contributed by atoms with Gasteiger partial charge >= 0.3 is 0 Å². The highest BCUT2D eigenvalue weighted by atomic mass is 16.1. The van der Waals surface area contributed by atoms with Gasteiger partial charge in [0.15, 0.2) is 0 Å². The van der Waals surface area contributed by atoms with Gasteiger partial charge in [0.1, 0.15) is 5.82 Å². The first-order valence-corrected chi connectivity index (χ1v) is 11.0. The topological polar surface area (TPSA) is 94.7 Å². The number of hydrogen-bond acceptors (Lipinski definition) is 5. The number of amides is 1. The predicted molar refractivity (Wildman–Crippen MR) is 127 cm³/mol. The molecule has 1 saturated heterocycles. The molecule has 1 atom stereocenters. The van der Waals surface area contributed by atoms with Crippen molar-refractivity contribution in [3.05, 3.63) is 84.4 Å². The van der Waals surface area contributed by atoms with E-state index >= 15 is 0 Å². The van der Waals surface area contributed by atoms with Crippen molar-refractivity contribution in [3.63, 3.8) is 0 Å². The number of aromatic nitrogens is 3. The summed E-state index contributed by atoms with van der Waals surface area (Å²) in [5.74, 6) is 0.837. The summed E-state index contributed by atoms with van der Waals surface area (Å²) in [6.45, 7) is 1.98. The van der Waals surface area contributed by atoms with Gasteiger partial charge in [0.05, 0.1) is 11.6 Å². The van der Waals surface area contributed by atoms with Crippen molar-refractivity contribution in [3.8, 4) is 0 Å². The molecule has 0 aliphatic carbocycles. The first-order chi connectivity index (χ1) is 15.8. The van der Waals surface area contributed by atoms with Gasteiger partial charge in [-0.05, 0) is 85.3 Å². The summed E-state index contributed by atoms with van der Waals surface area (Å²) in [4.78, 5) is 25.1. The zero-order chi connectivity index (χ0) is 21.8. The summed E-state index contributed by atoms with van der Waals surface area (Å²) < 4.78 is 0. The number of hydrogen-bond donors (Lipinski definition) is 4. The Bertz CT molecular complexity index is 1200. The van der Waals surface area contributed by atoms with E-state index in [2.05, 4.69) is 30.9 Å². The Morgan fingerprint density at radius 3 is 2.72 bits per heavy atom. The third-order valence-corrected chi connectivity index (χ3v) is 6.08. The highest BCUT2D eigenvalue weighted by Crippen LogP contribution is 2.32. The number of fused-ring (bicyclic) bond motifs is 1.